The summed E-state index contributed by atoms with van der Waals surface area (Å²) in [5.74, 6) is 2.12. The Labute approximate surface area is 649 Å². The van der Waals surface area contributed by atoms with Crippen molar-refractivity contribution in [2.24, 2.45) is 0 Å². The molecule has 3 aromatic carbocycles. The lowest BCUT2D eigenvalue weighted by molar-refractivity contribution is -0.953. The number of aliphatic carboxylic acids is 1. The molecule has 0 amide bonds. The van der Waals surface area contributed by atoms with Crippen LogP contribution in [-0.4, -0.2) is 124 Å². The number of likely N-dealkylation sites (N-methyl/N-ethyl adjacent to an activating group) is 2. The van der Waals surface area contributed by atoms with Crippen molar-refractivity contribution in [2.45, 2.75) is 270 Å². The molecule has 0 saturated heterocycles. The number of carboxylic acid groups (broad SMARTS) is 1. The van der Waals surface area contributed by atoms with Gasteiger partial charge in [0, 0.05) is 36.8 Å². The van der Waals surface area contributed by atoms with Crippen LogP contribution in [0.15, 0.2) is 84.9 Å². The maximum absolute atomic E-state index is 13.1. The fourth-order valence-electron chi connectivity index (χ4n) is 13.2. The fourth-order valence-corrected chi connectivity index (χ4v) is 14.5. The minimum atomic E-state index is -1.32. The first-order valence-corrected chi connectivity index (χ1v) is 40.5. The van der Waals surface area contributed by atoms with E-state index in [0.29, 0.717) is 66.3 Å². The fraction of sp³-hybridized carbons (Fsp3) is 0.646. The molecule has 5 unspecified atom stereocenters. The van der Waals surface area contributed by atoms with Gasteiger partial charge in [-0.2, -0.15) is 8.75 Å². The zero-order valence-corrected chi connectivity index (χ0v) is 68.8. The largest absolute Gasteiger partial charge is 1.00 e. The number of hydrogen-bond acceptors (Lipinski definition) is 17. The summed E-state index contributed by atoms with van der Waals surface area (Å²) in [6, 6.07) is 23.1. The molecule has 0 fully saturated rings. The summed E-state index contributed by atoms with van der Waals surface area (Å²) < 4.78 is 59.8. The van der Waals surface area contributed by atoms with Gasteiger partial charge in [-0.3, -0.25) is 18.6 Å². The molecule has 2 aliphatic rings. The molecular formula is C82H126ClIN6O11S2. The second kappa shape index (κ2) is 51.8. The molecule has 21 heteroatoms. The highest BCUT2D eigenvalue weighted by Gasteiger charge is 2.43. The molecule has 5 aromatic rings. The molecule has 7 rings (SSSR count). The number of methoxy groups -OCH3 is 3. The van der Waals surface area contributed by atoms with Gasteiger partial charge in [-0.1, -0.05) is 213 Å². The van der Waals surface area contributed by atoms with Gasteiger partial charge in [-0.15, -0.1) is 20.3 Å². The van der Waals surface area contributed by atoms with Crippen molar-refractivity contribution in [2.75, 3.05) is 74.8 Å². The summed E-state index contributed by atoms with van der Waals surface area (Å²) >= 11 is 8.72. The van der Waals surface area contributed by atoms with Crippen LogP contribution < -0.4 is 52.8 Å². The second-order valence-corrected chi connectivity index (χ2v) is 30.0. The van der Waals surface area contributed by atoms with Crippen LogP contribution >= 0.6 is 35.1 Å². The molecule has 0 radical (unpaired) electrons. The van der Waals surface area contributed by atoms with Crippen LogP contribution in [0.25, 0.3) is 11.1 Å². The average Bonchev–Trinajstić information content (AvgIpc) is 1.74. The molecule has 2 aliphatic heterocycles. The number of esters is 2. The summed E-state index contributed by atoms with van der Waals surface area (Å²) in [5.41, 5.74) is 6.69. The van der Waals surface area contributed by atoms with Crippen molar-refractivity contribution in [3.05, 3.63) is 113 Å². The zero-order valence-electron chi connectivity index (χ0n) is 64.3. The highest BCUT2D eigenvalue weighted by molar-refractivity contribution is 6.99. The first-order chi connectivity index (χ1) is 49.5. The summed E-state index contributed by atoms with van der Waals surface area (Å²) in [7, 11) is 9.27. The Kier molecular flexibility index (Phi) is 45.2. The number of alkyl halides is 1. The van der Waals surface area contributed by atoms with Crippen molar-refractivity contribution in [1.29, 1.82) is 0 Å². The molecule has 0 saturated carbocycles. The van der Waals surface area contributed by atoms with Crippen LogP contribution in [0.3, 0.4) is 0 Å². The number of halogens is 2. The number of benzene rings is 3. The molecule has 4 heterocycles. The van der Waals surface area contributed by atoms with Gasteiger partial charge in [0.1, 0.15) is 41.7 Å². The van der Waals surface area contributed by atoms with Crippen LogP contribution in [0.4, 0.5) is 0 Å². The zero-order chi connectivity index (χ0) is 73.7. The molecule has 0 aliphatic carbocycles. The molecule has 0 N–H and O–H groups in total. The highest BCUT2D eigenvalue weighted by atomic mass is 127. The van der Waals surface area contributed by atoms with E-state index in [2.05, 4.69) is 78.4 Å². The van der Waals surface area contributed by atoms with Gasteiger partial charge >= 0.3 is 11.9 Å². The van der Waals surface area contributed by atoms with E-state index in [0.717, 1.165) is 153 Å². The maximum Gasteiger partial charge on any atom is 0.310 e. The molecule has 576 valence electrons. The lowest BCUT2D eigenvalue weighted by atomic mass is 9.92. The number of rotatable bonds is 49. The minimum absolute atomic E-state index is 0. The number of unbranched alkanes of at least 4 members (excludes halogenated alkanes) is 23. The predicted octanol–water partition coefficient (Wildman–Crippen LogP) is 17.0. The molecule has 17 nitrogen and oxygen atoms in total. The monoisotopic (exact) mass is 1600 g/mol. The smallest absolute Gasteiger partial charge is 0.310 e. The first kappa shape index (κ1) is 90.0. The number of carbonyl (C=O) groups excluding carboxylic acids is 3. The molecule has 5 atom stereocenters. The Balaban J connectivity index is 0.000000340. The van der Waals surface area contributed by atoms with Crippen molar-refractivity contribution in [3.8, 4) is 29.0 Å². The van der Waals surface area contributed by atoms with Crippen LogP contribution in [0, 0.1) is 0 Å². The number of nitrogens with zero attached hydrogens (tertiary/aromatic N) is 6. The number of carbonyl (C=O) groups is 3. The van der Waals surface area contributed by atoms with E-state index >= 15 is 0 Å². The van der Waals surface area contributed by atoms with Crippen LogP contribution in [0.5, 0.6) is 29.0 Å². The SMILES string of the molecule is CCCCCCCCC(Cl)(Cc1ccc(OC)cc1)C(=O)[O-].CCCCCCCCCC(=O)OC(c1ccc(OC)cc1)[N+]1(C)CCC=C(c2nsnc2OCCCCCC)C1.CCCCCCCCCC(=O)OC(c1ccc(OC)cc1)[N+]1(C)CCC=C(c2nsnc2OCCCCCC)C1.[I-]. The number of quaternary nitrogens is 2. The molecular weight excluding hydrogens is 1470 g/mol. The minimum Gasteiger partial charge on any atom is -1.00 e. The van der Waals surface area contributed by atoms with Crippen LogP contribution in [0.1, 0.15) is 287 Å². The van der Waals surface area contributed by atoms with E-state index in [1.807, 2.05) is 72.8 Å². The van der Waals surface area contributed by atoms with Crippen LogP contribution in [0.2, 0.25) is 0 Å². The van der Waals surface area contributed by atoms with Crippen molar-refractivity contribution in [1.82, 2.24) is 17.5 Å². The van der Waals surface area contributed by atoms with Gasteiger partial charge in [-0.25, -0.2) is 0 Å². The van der Waals surface area contributed by atoms with E-state index in [1.165, 1.54) is 133 Å². The number of hydrogen-bond donors (Lipinski definition) is 0. The maximum atomic E-state index is 13.1. The van der Waals surface area contributed by atoms with Crippen LogP contribution in [-0.2, 0) is 30.3 Å². The third-order valence-corrected chi connectivity index (χ3v) is 20.9. The Morgan fingerprint density at radius 2 is 0.806 bits per heavy atom. The van der Waals surface area contributed by atoms with Gasteiger partial charge in [0.2, 0.25) is 0 Å². The van der Waals surface area contributed by atoms with E-state index in [1.54, 1.807) is 21.3 Å². The number of carboxylic acids is 1. The average molecular weight is 1600 g/mol. The van der Waals surface area contributed by atoms with E-state index in [4.69, 9.17) is 44.8 Å². The van der Waals surface area contributed by atoms with Crippen molar-refractivity contribution >= 4 is 64.1 Å². The first-order valence-electron chi connectivity index (χ1n) is 38.7. The van der Waals surface area contributed by atoms with Gasteiger partial charge in [0.15, 0.2) is 0 Å². The van der Waals surface area contributed by atoms with Gasteiger partial charge < -0.3 is 67.0 Å². The van der Waals surface area contributed by atoms with Gasteiger partial charge in [0.25, 0.3) is 24.2 Å². The third-order valence-electron chi connectivity index (χ3n) is 19.4. The van der Waals surface area contributed by atoms with Crippen molar-refractivity contribution < 1.29 is 85.6 Å². The van der Waals surface area contributed by atoms with E-state index in [-0.39, 0.29) is 42.3 Å². The lowest BCUT2D eigenvalue weighted by Gasteiger charge is -2.42. The van der Waals surface area contributed by atoms with E-state index in [9.17, 15) is 19.5 Å². The van der Waals surface area contributed by atoms with E-state index < -0.39 is 23.3 Å². The summed E-state index contributed by atoms with van der Waals surface area (Å²) in [4.78, 5) is 36.4. The standard InChI is InChI=1S/2C32H50N3O4S.C18H27ClO3.HI/c2*1-5-7-9-11-12-13-14-18-29(36)39-32(26-19-21-28(37-4)22-20-26)35(3)23-16-17-27(25-35)30-31(34-40-33-30)38-24-15-10-8-6-2;1-3-4-5-6-7-8-13-18(19,17(20)21)14-15-9-11-16(22-2)12-10-15;/h2*17,19-22,32H,5-16,18,23-25H2,1-4H3;9-12H,3-8,13-14H2,1-2H3,(H,20,21);1H/q2*+1;;/p-2. The second-order valence-electron chi connectivity index (χ2n) is 28.2. The Morgan fingerprint density at radius 3 is 1.16 bits per heavy atom. The number of aromatic nitrogens is 4. The molecule has 103 heavy (non-hydrogen) atoms. The highest BCUT2D eigenvalue weighted by Crippen LogP contribution is 2.40. The molecule has 0 bridgehead atoms. The normalized spacial score (nSPS) is 16.7. The summed E-state index contributed by atoms with van der Waals surface area (Å²) in [6.07, 6.45) is 39.2. The Morgan fingerprint density at radius 1 is 0.476 bits per heavy atom. The lowest BCUT2D eigenvalue weighted by Crippen LogP contribution is -3.00. The quantitative estimate of drug-likeness (QED) is 0.0117. The summed E-state index contributed by atoms with van der Waals surface area (Å²) in [5, 5.41) is 11.4. The van der Waals surface area contributed by atoms with Gasteiger partial charge in [-0.05, 0) is 105 Å². The predicted molar refractivity (Wildman–Crippen MR) is 413 cm³/mol. The Hall–Kier alpha value is -5.39. The van der Waals surface area contributed by atoms with Crippen molar-refractivity contribution in [3.63, 3.8) is 0 Å². The third kappa shape index (κ3) is 32.7. The number of ether oxygens (including phenoxy) is 7. The topological polar surface area (TPSA) is 190 Å². The van der Waals surface area contributed by atoms with Gasteiger partial charge in [0.05, 0.1) is 107 Å². The molecule has 2 aromatic heterocycles. The summed E-state index contributed by atoms with van der Waals surface area (Å²) in [6.45, 7) is 15.4. The Bertz CT molecular complexity index is 3010. The molecule has 0 spiro atoms.